The second-order valence-electron chi connectivity index (χ2n) is 9.66. The van der Waals surface area contributed by atoms with Crippen LogP contribution in [0.1, 0.15) is 24.9 Å². The van der Waals surface area contributed by atoms with E-state index < -0.39 is 0 Å². The van der Waals surface area contributed by atoms with Crippen LogP contribution in [-0.4, -0.2) is 66.6 Å². The van der Waals surface area contributed by atoms with Gasteiger partial charge >= 0.3 is 0 Å². The number of benzene rings is 2. The number of carbonyl (C=O) groups is 2. The third-order valence-corrected chi connectivity index (χ3v) is 7.34. The van der Waals surface area contributed by atoms with E-state index in [0.29, 0.717) is 66.6 Å². The molecule has 2 saturated heterocycles. The van der Waals surface area contributed by atoms with Crippen molar-refractivity contribution in [2.24, 2.45) is 0 Å². The highest BCUT2D eigenvalue weighted by Crippen LogP contribution is 2.40. The summed E-state index contributed by atoms with van der Waals surface area (Å²) in [6.45, 7) is 8.11. The topological polar surface area (TPSA) is 112 Å². The van der Waals surface area contributed by atoms with Crippen LogP contribution in [0.2, 0.25) is 5.02 Å². The highest BCUT2D eigenvalue weighted by Gasteiger charge is 2.29. The lowest BCUT2D eigenvalue weighted by molar-refractivity contribution is -0.129. The maximum absolute atomic E-state index is 12.3. The summed E-state index contributed by atoms with van der Waals surface area (Å²) >= 11 is 6.24. The van der Waals surface area contributed by atoms with Gasteiger partial charge in [0, 0.05) is 56.7 Å². The van der Waals surface area contributed by atoms with Gasteiger partial charge < -0.3 is 25.2 Å². The molecule has 0 saturated carbocycles. The highest BCUT2D eigenvalue weighted by molar-refractivity contribution is 6.30. The Morgan fingerprint density at radius 3 is 2.63 bits per heavy atom. The first-order chi connectivity index (χ1) is 19.9. The van der Waals surface area contributed by atoms with Gasteiger partial charge in [-0.05, 0) is 29.8 Å². The predicted octanol–water partition coefficient (Wildman–Crippen LogP) is 4.56. The number of amides is 2. The predicted molar refractivity (Wildman–Crippen MR) is 159 cm³/mol. The maximum atomic E-state index is 12.3. The van der Waals surface area contributed by atoms with Gasteiger partial charge in [0.1, 0.15) is 17.9 Å². The minimum atomic E-state index is -0.340. The third kappa shape index (κ3) is 6.36. The highest BCUT2D eigenvalue weighted by atomic mass is 35.5. The third-order valence-electron chi connectivity index (χ3n) is 7.11. The molecule has 2 N–H and O–H groups in total. The summed E-state index contributed by atoms with van der Waals surface area (Å²) in [5.41, 5.74) is 2.99. The molecule has 2 aromatic carbocycles. The lowest BCUT2D eigenvalue weighted by Crippen LogP contribution is -2.48. The van der Waals surface area contributed by atoms with Crippen molar-refractivity contribution in [1.29, 1.82) is 0 Å². The summed E-state index contributed by atoms with van der Waals surface area (Å²) in [4.78, 5) is 42.9. The van der Waals surface area contributed by atoms with E-state index in [1.165, 1.54) is 12.4 Å². The normalized spacial score (nSPS) is 16.9. The minimum absolute atomic E-state index is 0.0457. The zero-order chi connectivity index (χ0) is 28.9. The van der Waals surface area contributed by atoms with Gasteiger partial charge in [-0.25, -0.2) is 15.0 Å². The average molecular weight is 578 g/mol. The second-order valence-corrected chi connectivity index (χ2v) is 10.1. The molecule has 2 fully saturated rings. The van der Waals surface area contributed by atoms with E-state index in [9.17, 15) is 9.59 Å². The van der Waals surface area contributed by atoms with E-state index in [1.54, 1.807) is 36.1 Å². The van der Waals surface area contributed by atoms with E-state index >= 15 is 0 Å². The number of ether oxygens (including phenoxy) is 1. The van der Waals surface area contributed by atoms with Gasteiger partial charge in [0.15, 0.2) is 5.82 Å². The SMILES string of the molecule is C=CC(=O)Nc1cc(Nc2cc(N3OCCC3c3cccc(Cl)c3)ncn2)c(OC)cc1N1CCN(C(C)=O)CC1. The van der Waals surface area contributed by atoms with Crippen molar-refractivity contribution in [3.8, 4) is 5.75 Å². The second kappa shape index (κ2) is 12.4. The Balaban J connectivity index is 1.43. The molecule has 12 heteroatoms. The van der Waals surface area contributed by atoms with Crippen molar-refractivity contribution < 1.29 is 19.2 Å². The largest absolute Gasteiger partial charge is 0.494 e. The van der Waals surface area contributed by atoms with Crippen LogP contribution in [-0.2, 0) is 14.4 Å². The molecule has 1 atom stereocenters. The molecule has 0 aliphatic carbocycles. The van der Waals surface area contributed by atoms with Gasteiger partial charge in [-0.3, -0.25) is 14.4 Å². The van der Waals surface area contributed by atoms with Gasteiger partial charge in [-0.15, -0.1) is 0 Å². The molecular weight excluding hydrogens is 546 g/mol. The zero-order valence-electron chi connectivity index (χ0n) is 23.0. The number of methoxy groups -OCH3 is 1. The number of carbonyl (C=O) groups excluding carboxylic acids is 2. The standard InChI is InChI=1S/C29H32ClN7O4/c1-4-29(39)34-22-15-23(26(40-3)16-25(22)36-11-9-35(10-12-36)19(2)38)33-27-17-28(32-18-31-27)37-24(8-13-41-37)20-6-5-7-21(30)14-20/h4-7,14-18,24H,1,8-13H2,2-3H3,(H,34,39)(H,31,32,33). The van der Waals surface area contributed by atoms with Crippen LogP contribution >= 0.6 is 11.6 Å². The quantitative estimate of drug-likeness (QED) is 0.372. The lowest BCUT2D eigenvalue weighted by Gasteiger charge is -2.36. The zero-order valence-corrected chi connectivity index (χ0v) is 23.7. The van der Waals surface area contributed by atoms with Crippen LogP contribution in [0, 0.1) is 0 Å². The molecule has 1 unspecified atom stereocenters. The summed E-state index contributed by atoms with van der Waals surface area (Å²) in [6.07, 6.45) is 3.47. The summed E-state index contributed by atoms with van der Waals surface area (Å²) in [5, 5.41) is 8.65. The first-order valence-corrected chi connectivity index (χ1v) is 13.7. The lowest BCUT2D eigenvalue weighted by atomic mass is 10.0. The number of hydrogen-bond acceptors (Lipinski definition) is 9. The average Bonchev–Trinajstić information content (AvgIpc) is 3.48. The first kappa shape index (κ1) is 28.2. The molecule has 2 aliphatic rings. The van der Waals surface area contributed by atoms with Gasteiger partial charge in [0.05, 0.1) is 36.8 Å². The number of nitrogens with zero attached hydrogens (tertiary/aromatic N) is 5. The molecule has 0 bridgehead atoms. The van der Waals surface area contributed by atoms with Gasteiger partial charge in [0.25, 0.3) is 0 Å². The van der Waals surface area contributed by atoms with Crippen molar-refractivity contribution in [2.75, 3.05) is 60.5 Å². The molecule has 2 aliphatic heterocycles. The minimum Gasteiger partial charge on any atom is -0.494 e. The van der Waals surface area contributed by atoms with Crippen LogP contribution in [0.5, 0.6) is 5.75 Å². The summed E-state index contributed by atoms with van der Waals surface area (Å²) in [5.74, 6) is 1.36. The van der Waals surface area contributed by atoms with Crippen LogP contribution in [0.15, 0.2) is 61.4 Å². The van der Waals surface area contributed by atoms with Crippen molar-refractivity contribution in [3.05, 3.63) is 72.0 Å². The van der Waals surface area contributed by atoms with Crippen LogP contribution in [0.25, 0.3) is 0 Å². The first-order valence-electron chi connectivity index (χ1n) is 13.3. The van der Waals surface area contributed by atoms with Crippen LogP contribution < -0.4 is 25.3 Å². The Hall–Kier alpha value is -4.35. The molecule has 0 radical (unpaired) electrons. The van der Waals surface area contributed by atoms with Crippen molar-refractivity contribution in [2.45, 2.75) is 19.4 Å². The van der Waals surface area contributed by atoms with Crippen LogP contribution in [0.4, 0.5) is 28.7 Å². The number of aromatic nitrogens is 2. The summed E-state index contributed by atoms with van der Waals surface area (Å²) < 4.78 is 5.73. The summed E-state index contributed by atoms with van der Waals surface area (Å²) in [6, 6.07) is 13.1. The molecule has 214 valence electrons. The van der Waals surface area contributed by atoms with Crippen LogP contribution in [0.3, 0.4) is 0 Å². The molecule has 0 spiro atoms. The fourth-order valence-corrected chi connectivity index (χ4v) is 5.23. The maximum Gasteiger partial charge on any atom is 0.247 e. The molecule has 3 aromatic rings. The molecular formula is C29H32ClN7O4. The smallest absolute Gasteiger partial charge is 0.247 e. The molecule has 5 rings (SSSR count). The number of piperazine rings is 1. The molecule has 1 aromatic heterocycles. The van der Waals surface area contributed by atoms with Gasteiger partial charge in [-0.1, -0.05) is 30.3 Å². The Morgan fingerprint density at radius 1 is 1.12 bits per heavy atom. The number of hydrogen-bond donors (Lipinski definition) is 2. The molecule has 41 heavy (non-hydrogen) atoms. The van der Waals surface area contributed by atoms with E-state index in [-0.39, 0.29) is 17.9 Å². The number of hydroxylamine groups is 1. The Morgan fingerprint density at radius 2 is 1.93 bits per heavy atom. The Kier molecular flexibility index (Phi) is 8.55. The molecule has 11 nitrogen and oxygen atoms in total. The fourth-order valence-electron chi connectivity index (χ4n) is 5.03. The van der Waals surface area contributed by atoms with E-state index in [2.05, 4.69) is 32.1 Å². The molecule has 3 heterocycles. The number of anilines is 5. The fraction of sp³-hybridized carbons (Fsp3) is 0.310. The van der Waals surface area contributed by atoms with E-state index in [1.807, 2.05) is 30.3 Å². The number of nitrogens with one attached hydrogen (secondary N) is 2. The van der Waals surface area contributed by atoms with Crippen molar-refractivity contribution in [3.63, 3.8) is 0 Å². The van der Waals surface area contributed by atoms with E-state index in [0.717, 1.165) is 17.7 Å². The van der Waals surface area contributed by atoms with Crippen molar-refractivity contribution in [1.82, 2.24) is 14.9 Å². The van der Waals surface area contributed by atoms with Crippen molar-refractivity contribution >= 4 is 52.1 Å². The monoisotopic (exact) mass is 577 g/mol. The summed E-state index contributed by atoms with van der Waals surface area (Å²) in [7, 11) is 1.58. The van der Waals surface area contributed by atoms with E-state index in [4.69, 9.17) is 21.2 Å². The molecule has 2 amide bonds. The van der Waals surface area contributed by atoms with Gasteiger partial charge in [0.2, 0.25) is 11.8 Å². The number of halogens is 1. The number of rotatable bonds is 8. The Bertz CT molecular complexity index is 1440. The van der Waals surface area contributed by atoms with Gasteiger partial charge in [-0.2, -0.15) is 0 Å². The Labute approximate surface area is 243 Å².